The Hall–Kier alpha value is -4.12. The molecule has 37 heavy (non-hydrogen) atoms. The van der Waals surface area contributed by atoms with E-state index in [2.05, 4.69) is 15.0 Å². The minimum absolute atomic E-state index is 0.0636. The number of nitrogens with two attached hydrogens (primary N) is 1. The number of benzene rings is 1. The molecule has 0 spiro atoms. The summed E-state index contributed by atoms with van der Waals surface area (Å²) in [5, 5.41) is 54.6. The maximum Gasteiger partial charge on any atom is 0.313 e. The van der Waals surface area contributed by atoms with E-state index < -0.39 is 87.2 Å². The molecule has 6 unspecified atom stereocenters. The monoisotopic (exact) mass is 529 g/mol. The molecule has 1 aromatic rings. The number of carboxylic acid groups (broad SMARTS) is 2. The normalized spacial score (nSPS) is 28.0. The second kappa shape index (κ2) is 11.3. The number of hydrogen-bond acceptors (Lipinski definition) is 12. The van der Waals surface area contributed by atoms with E-state index in [1.165, 1.54) is 26.0 Å². The highest BCUT2D eigenvalue weighted by Gasteiger charge is 2.67. The van der Waals surface area contributed by atoms with Crippen LogP contribution < -0.4 is 11.1 Å². The van der Waals surface area contributed by atoms with Gasteiger partial charge < -0.3 is 25.6 Å². The molecule has 204 valence electrons. The number of piperidine rings is 1. The quantitative estimate of drug-likeness (QED) is 0.158. The zero-order chi connectivity index (χ0) is 28.1. The summed E-state index contributed by atoms with van der Waals surface area (Å²) in [4.78, 5) is 67.0. The van der Waals surface area contributed by atoms with E-state index in [-0.39, 0.29) is 12.0 Å². The number of nitrogens with one attached hydrogen (secondary N) is 1. The summed E-state index contributed by atoms with van der Waals surface area (Å²) in [5.41, 5.74) is 1.40. The minimum Gasteiger partial charge on any atom is -0.481 e. The van der Waals surface area contributed by atoms with Crippen molar-refractivity contribution in [2.45, 2.75) is 57.3 Å². The van der Waals surface area contributed by atoms with Gasteiger partial charge in [0.1, 0.15) is 11.5 Å². The zero-order valence-electron chi connectivity index (χ0n) is 19.8. The van der Waals surface area contributed by atoms with Gasteiger partial charge in [-0.25, -0.2) is 0 Å². The van der Waals surface area contributed by atoms with Crippen molar-refractivity contribution in [2.24, 2.45) is 16.6 Å². The fourth-order valence-corrected chi connectivity index (χ4v) is 5.39. The van der Waals surface area contributed by atoms with Gasteiger partial charge in [-0.05, 0) is 38.7 Å². The average Bonchev–Trinajstić information content (AvgIpc) is 2.78. The summed E-state index contributed by atoms with van der Waals surface area (Å²) >= 11 is 0. The van der Waals surface area contributed by atoms with E-state index in [1.807, 2.05) is 0 Å². The van der Waals surface area contributed by atoms with Gasteiger partial charge in [0.25, 0.3) is 15.9 Å². The summed E-state index contributed by atoms with van der Waals surface area (Å²) in [7, 11) is 0. The number of nitro groups is 1. The lowest BCUT2D eigenvalue weighted by atomic mass is 9.50. The maximum atomic E-state index is 13.0. The predicted octanol–water partition coefficient (Wildman–Crippen LogP) is 1.07. The molecule has 0 aromatic heterocycles. The Bertz CT molecular complexity index is 1070. The fourth-order valence-electron chi connectivity index (χ4n) is 5.39. The minimum atomic E-state index is -2.20. The fraction of sp³-hybridized carbons (Fsp3) is 0.600. The lowest BCUT2D eigenvalue weighted by molar-refractivity contribution is -0.768. The zero-order valence-corrected chi connectivity index (χ0v) is 19.8. The van der Waals surface area contributed by atoms with Gasteiger partial charge in [-0.3, -0.25) is 25.0 Å². The molecule has 17 nitrogen and oxygen atoms in total. The van der Waals surface area contributed by atoms with E-state index in [1.54, 1.807) is 0 Å². The first-order valence-corrected chi connectivity index (χ1v) is 11.0. The number of nitro benzene ring substituents is 1. The lowest BCUT2D eigenvalue weighted by Crippen LogP contribution is -2.73. The van der Waals surface area contributed by atoms with Crippen molar-refractivity contribution in [1.29, 1.82) is 0 Å². The van der Waals surface area contributed by atoms with Gasteiger partial charge in [-0.1, -0.05) is 12.1 Å². The molecule has 1 aliphatic heterocycles. The highest BCUT2D eigenvalue weighted by Crippen LogP contribution is 2.58. The third kappa shape index (κ3) is 5.67. The molecule has 0 saturated carbocycles. The molecule has 0 amide bonds. The van der Waals surface area contributed by atoms with Gasteiger partial charge in [-0.15, -0.1) is 20.2 Å². The van der Waals surface area contributed by atoms with Crippen molar-refractivity contribution in [1.82, 2.24) is 5.32 Å². The lowest BCUT2D eigenvalue weighted by Gasteiger charge is -2.57. The first kappa shape index (κ1) is 29.1. The molecule has 0 bridgehead atoms. The SMILES string of the molecule is CC(CC1(C(=O)O)C(C)NC(N)C(CCCO[N+](=O)[O-])(C(=O)O)C1c1cccc([N+](=O)[O-])c1)O[N+](=O)[O-]. The second-order valence-electron chi connectivity index (χ2n) is 8.85. The van der Waals surface area contributed by atoms with E-state index in [0.29, 0.717) is 0 Å². The van der Waals surface area contributed by atoms with Gasteiger partial charge in [0.05, 0.1) is 23.1 Å². The Morgan fingerprint density at radius 2 is 1.76 bits per heavy atom. The molecule has 6 atom stereocenters. The standard InChI is InChI=1S/C20H27N5O12/c1-11(37-25(34)35)10-20(18(28)29)12(2)22-16(21)19(17(26)27,7-4-8-36-24(32)33)15(20)13-5-3-6-14(9-13)23(30)31/h3,5-6,9,11-12,15-16,22H,4,7-8,10,21H2,1-2H3,(H,26,27)(H,28,29). The van der Waals surface area contributed by atoms with Crippen LogP contribution in [-0.2, 0) is 19.3 Å². The van der Waals surface area contributed by atoms with Crippen molar-refractivity contribution >= 4 is 17.6 Å². The number of aliphatic carboxylic acids is 2. The molecule has 1 aliphatic rings. The molecule has 1 saturated heterocycles. The van der Waals surface area contributed by atoms with Crippen LogP contribution >= 0.6 is 0 Å². The van der Waals surface area contributed by atoms with Crippen LogP contribution in [0.5, 0.6) is 0 Å². The molecule has 0 radical (unpaired) electrons. The third-order valence-corrected chi connectivity index (χ3v) is 6.82. The number of non-ortho nitro benzene ring substituents is 1. The molecule has 2 rings (SSSR count). The van der Waals surface area contributed by atoms with Crippen LogP contribution in [0.25, 0.3) is 0 Å². The van der Waals surface area contributed by atoms with Crippen molar-refractivity contribution in [3.05, 3.63) is 60.2 Å². The number of carbonyl (C=O) groups is 2. The number of rotatable bonds is 13. The largest absolute Gasteiger partial charge is 0.481 e. The summed E-state index contributed by atoms with van der Waals surface area (Å²) < 4.78 is 0. The second-order valence-corrected chi connectivity index (χ2v) is 8.85. The Morgan fingerprint density at radius 3 is 2.27 bits per heavy atom. The van der Waals surface area contributed by atoms with Gasteiger partial charge in [0.15, 0.2) is 0 Å². The molecule has 1 heterocycles. The number of hydrogen-bond donors (Lipinski definition) is 4. The Morgan fingerprint density at radius 1 is 1.14 bits per heavy atom. The first-order valence-electron chi connectivity index (χ1n) is 11.0. The van der Waals surface area contributed by atoms with Crippen LogP contribution in [0, 0.1) is 41.2 Å². The predicted molar refractivity (Wildman–Crippen MR) is 121 cm³/mol. The Kier molecular flexibility index (Phi) is 8.89. The molecule has 5 N–H and O–H groups in total. The summed E-state index contributed by atoms with van der Waals surface area (Å²) in [5.74, 6) is -4.73. The van der Waals surface area contributed by atoms with Crippen molar-refractivity contribution in [3.8, 4) is 0 Å². The smallest absolute Gasteiger partial charge is 0.313 e. The summed E-state index contributed by atoms with van der Waals surface area (Å²) in [6.45, 7) is 2.10. The summed E-state index contributed by atoms with van der Waals surface area (Å²) in [6, 6.07) is 3.60. The van der Waals surface area contributed by atoms with Crippen molar-refractivity contribution < 1.29 is 44.6 Å². The van der Waals surface area contributed by atoms with Crippen LogP contribution in [0.2, 0.25) is 0 Å². The van der Waals surface area contributed by atoms with E-state index >= 15 is 0 Å². The van der Waals surface area contributed by atoms with Gasteiger partial charge in [0.2, 0.25) is 0 Å². The molecular weight excluding hydrogens is 502 g/mol. The van der Waals surface area contributed by atoms with Crippen molar-refractivity contribution in [2.75, 3.05) is 6.61 Å². The van der Waals surface area contributed by atoms with Crippen LogP contribution in [0.1, 0.15) is 44.6 Å². The molecular formula is C20H27N5O12. The number of nitrogens with zero attached hydrogens (tertiary/aromatic N) is 3. The Balaban J connectivity index is 2.86. The third-order valence-electron chi connectivity index (χ3n) is 6.82. The molecule has 1 aromatic carbocycles. The topological polar surface area (TPSA) is 261 Å². The van der Waals surface area contributed by atoms with Crippen LogP contribution in [0.4, 0.5) is 5.69 Å². The molecule has 17 heteroatoms. The maximum absolute atomic E-state index is 13.0. The van der Waals surface area contributed by atoms with Gasteiger partial charge >= 0.3 is 11.9 Å². The van der Waals surface area contributed by atoms with Gasteiger partial charge in [-0.2, -0.15) is 0 Å². The number of carboxylic acids is 2. The van der Waals surface area contributed by atoms with Crippen LogP contribution in [0.15, 0.2) is 24.3 Å². The average molecular weight is 529 g/mol. The van der Waals surface area contributed by atoms with E-state index in [9.17, 15) is 50.1 Å². The highest BCUT2D eigenvalue weighted by atomic mass is 17.0. The van der Waals surface area contributed by atoms with Gasteiger partial charge in [0, 0.05) is 24.1 Å². The van der Waals surface area contributed by atoms with Crippen molar-refractivity contribution in [3.63, 3.8) is 0 Å². The van der Waals surface area contributed by atoms with E-state index in [0.717, 1.165) is 12.1 Å². The van der Waals surface area contributed by atoms with Crippen LogP contribution in [-0.4, -0.2) is 62.2 Å². The summed E-state index contributed by atoms with van der Waals surface area (Å²) in [6.07, 6.45) is -4.05. The van der Waals surface area contributed by atoms with E-state index in [4.69, 9.17) is 5.73 Å². The van der Waals surface area contributed by atoms with Crippen LogP contribution in [0.3, 0.4) is 0 Å². The molecule has 0 aliphatic carbocycles. The molecule has 1 fully saturated rings. The first-order chi connectivity index (χ1) is 17.2. The Labute approximate surface area is 208 Å². The highest BCUT2D eigenvalue weighted by molar-refractivity contribution is 5.84.